The van der Waals surface area contributed by atoms with Crippen LogP contribution in [0.4, 0.5) is 8.78 Å². The van der Waals surface area contributed by atoms with Gasteiger partial charge in [0.05, 0.1) is 6.42 Å². The van der Waals surface area contributed by atoms with Crippen molar-refractivity contribution in [2.75, 3.05) is 0 Å². The minimum absolute atomic E-state index is 0.105. The number of nitrogens with one attached hydrogen (secondary N) is 1. The number of hydrogen-bond donors (Lipinski definition) is 2. The highest BCUT2D eigenvalue weighted by atomic mass is 19.1. The molecule has 0 saturated carbocycles. The summed E-state index contributed by atoms with van der Waals surface area (Å²) < 4.78 is 27.3. The number of carboxylic acid groups (broad SMARTS) is 1. The van der Waals surface area contributed by atoms with Crippen LogP contribution < -0.4 is 5.32 Å². The summed E-state index contributed by atoms with van der Waals surface area (Å²) in [5.41, 5.74) is 0.645. The second kappa shape index (κ2) is 8.92. The van der Waals surface area contributed by atoms with E-state index in [1.165, 1.54) is 6.07 Å². The molecule has 6 heteroatoms. The fourth-order valence-corrected chi connectivity index (χ4v) is 2.56. The largest absolute Gasteiger partial charge is 0.481 e. The van der Waals surface area contributed by atoms with Crippen molar-refractivity contribution in [2.24, 2.45) is 0 Å². The number of carbonyl (C=O) groups excluding carboxylic acids is 1. The molecule has 132 valence electrons. The molecule has 0 fully saturated rings. The van der Waals surface area contributed by atoms with E-state index in [-0.39, 0.29) is 18.4 Å². The summed E-state index contributed by atoms with van der Waals surface area (Å²) in [5, 5.41) is 11.5. The van der Waals surface area contributed by atoms with Gasteiger partial charge in [0.15, 0.2) is 0 Å². The standard InChI is InChI=1S/C19H19F2NO3/c20-16-7-4-8-17(21)15(16)12-18(23)22-14(9-10-19(24)25)11-13-5-2-1-3-6-13/h1-8,14H,9-12H2,(H,22,23)(H,24,25). The van der Waals surface area contributed by atoms with Crippen molar-refractivity contribution in [1.29, 1.82) is 0 Å². The first-order chi connectivity index (χ1) is 12.0. The quantitative estimate of drug-likeness (QED) is 0.771. The third-order valence-electron chi connectivity index (χ3n) is 3.80. The molecule has 2 aromatic carbocycles. The van der Waals surface area contributed by atoms with E-state index in [0.717, 1.165) is 17.7 Å². The Kier molecular flexibility index (Phi) is 6.62. The predicted molar refractivity (Wildman–Crippen MR) is 89.0 cm³/mol. The van der Waals surface area contributed by atoms with Crippen LogP contribution in [-0.2, 0) is 22.4 Å². The van der Waals surface area contributed by atoms with Crippen molar-refractivity contribution in [1.82, 2.24) is 5.32 Å². The SMILES string of the molecule is O=C(O)CCC(Cc1ccccc1)NC(=O)Cc1c(F)cccc1F. The molecule has 2 N–H and O–H groups in total. The lowest BCUT2D eigenvalue weighted by atomic mass is 10.0. The second-order valence-corrected chi connectivity index (χ2v) is 5.76. The summed E-state index contributed by atoms with van der Waals surface area (Å²) in [5.74, 6) is -3.07. The van der Waals surface area contributed by atoms with Crippen LogP contribution in [-0.4, -0.2) is 23.0 Å². The van der Waals surface area contributed by atoms with Crippen molar-refractivity contribution >= 4 is 11.9 Å². The van der Waals surface area contributed by atoms with E-state index in [1.807, 2.05) is 30.3 Å². The first kappa shape index (κ1) is 18.6. The number of hydrogen-bond acceptors (Lipinski definition) is 2. The summed E-state index contributed by atoms with van der Waals surface area (Å²) in [7, 11) is 0. The van der Waals surface area contributed by atoms with Crippen LogP contribution in [0, 0.1) is 11.6 Å². The van der Waals surface area contributed by atoms with Crippen LogP contribution >= 0.6 is 0 Å². The normalized spacial score (nSPS) is 11.8. The molecular formula is C19H19F2NO3. The minimum atomic E-state index is -0.965. The maximum absolute atomic E-state index is 13.7. The van der Waals surface area contributed by atoms with E-state index >= 15 is 0 Å². The molecule has 1 amide bonds. The van der Waals surface area contributed by atoms with E-state index in [9.17, 15) is 18.4 Å². The van der Waals surface area contributed by atoms with Crippen molar-refractivity contribution < 1.29 is 23.5 Å². The van der Waals surface area contributed by atoms with Crippen molar-refractivity contribution in [3.05, 3.63) is 71.3 Å². The smallest absolute Gasteiger partial charge is 0.303 e. The Morgan fingerprint density at radius 3 is 2.24 bits per heavy atom. The van der Waals surface area contributed by atoms with Crippen molar-refractivity contribution in [3.63, 3.8) is 0 Å². The van der Waals surface area contributed by atoms with Gasteiger partial charge >= 0.3 is 5.97 Å². The average molecular weight is 347 g/mol. The van der Waals surface area contributed by atoms with E-state index in [0.29, 0.717) is 6.42 Å². The van der Waals surface area contributed by atoms with E-state index in [4.69, 9.17) is 5.11 Å². The van der Waals surface area contributed by atoms with Gasteiger partial charge in [0, 0.05) is 18.0 Å². The van der Waals surface area contributed by atoms with Gasteiger partial charge in [-0.05, 0) is 30.5 Å². The van der Waals surface area contributed by atoms with Crippen LogP contribution in [0.1, 0.15) is 24.0 Å². The summed E-state index contributed by atoms with van der Waals surface area (Å²) in [6.07, 6.45) is 0.137. The van der Waals surface area contributed by atoms with Gasteiger partial charge in [-0.1, -0.05) is 36.4 Å². The number of benzene rings is 2. The first-order valence-electron chi connectivity index (χ1n) is 7.93. The molecule has 0 aromatic heterocycles. The third kappa shape index (κ3) is 5.99. The zero-order chi connectivity index (χ0) is 18.2. The van der Waals surface area contributed by atoms with Crippen LogP contribution in [0.5, 0.6) is 0 Å². The fraction of sp³-hybridized carbons (Fsp3) is 0.263. The molecule has 0 heterocycles. The highest BCUT2D eigenvalue weighted by Crippen LogP contribution is 2.13. The molecule has 4 nitrogen and oxygen atoms in total. The number of rotatable bonds is 8. The van der Waals surface area contributed by atoms with Crippen molar-refractivity contribution in [2.45, 2.75) is 31.7 Å². The van der Waals surface area contributed by atoms with Gasteiger partial charge in [0.2, 0.25) is 5.91 Å². The van der Waals surface area contributed by atoms with Crippen LogP contribution in [0.3, 0.4) is 0 Å². The van der Waals surface area contributed by atoms with Crippen LogP contribution in [0.15, 0.2) is 48.5 Å². The summed E-state index contributed by atoms with van der Waals surface area (Å²) >= 11 is 0. The van der Waals surface area contributed by atoms with Gasteiger partial charge in [-0.2, -0.15) is 0 Å². The van der Waals surface area contributed by atoms with Gasteiger partial charge in [-0.3, -0.25) is 9.59 Å². The Bertz CT molecular complexity index is 714. The lowest BCUT2D eigenvalue weighted by molar-refractivity contribution is -0.137. The Morgan fingerprint density at radius 1 is 1.00 bits per heavy atom. The van der Waals surface area contributed by atoms with E-state index in [1.54, 1.807) is 0 Å². The third-order valence-corrected chi connectivity index (χ3v) is 3.80. The molecule has 0 saturated heterocycles. The lowest BCUT2D eigenvalue weighted by Gasteiger charge is -2.18. The zero-order valence-electron chi connectivity index (χ0n) is 13.5. The number of carboxylic acids is 1. The highest BCUT2D eigenvalue weighted by molar-refractivity contribution is 5.79. The summed E-state index contributed by atoms with van der Waals surface area (Å²) in [6, 6.07) is 12.3. The predicted octanol–water partition coefficient (Wildman–Crippen LogP) is 3.10. The van der Waals surface area contributed by atoms with E-state index < -0.39 is 36.0 Å². The molecule has 0 spiro atoms. The highest BCUT2D eigenvalue weighted by Gasteiger charge is 2.18. The maximum Gasteiger partial charge on any atom is 0.303 e. The van der Waals surface area contributed by atoms with Crippen molar-refractivity contribution in [3.8, 4) is 0 Å². The minimum Gasteiger partial charge on any atom is -0.481 e. The molecule has 0 aliphatic carbocycles. The molecule has 0 aliphatic heterocycles. The number of carbonyl (C=O) groups is 2. The Morgan fingerprint density at radius 2 is 1.64 bits per heavy atom. The van der Waals surface area contributed by atoms with Gasteiger partial charge in [0.1, 0.15) is 11.6 Å². The molecular weight excluding hydrogens is 328 g/mol. The fourth-order valence-electron chi connectivity index (χ4n) is 2.56. The van der Waals surface area contributed by atoms with Gasteiger partial charge in [0.25, 0.3) is 0 Å². The van der Waals surface area contributed by atoms with Crippen LogP contribution in [0.25, 0.3) is 0 Å². The molecule has 1 atom stereocenters. The summed E-state index contributed by atoms with van der Waals surface area (Å²) in [4.78, 5) is 23.0. The Balaban J connectivity index is 2.04. The summed E-state index contributed by atoms with van der Waals surface area (Å²) in [6.45, 7) is 0. The average Bonchev–Trinajstić information content (AvgIpc) is 2.57. The second-order valence-electron chi connectivity index (χ2n) is 5.76. The molecule has 2 aromatic rings. The molecule has 25 heavy (non-hydrogen) atoms. The molecule has 0 aliphatic rings. The lowest BCUT2D eigenvalue weighted by Crippen LogP contribution is -2.38. The Hall–Kier alpha value is -2.76. The van der Waals surface area contributed by atoms with Gasteiger partial charge < -0.3 is 10.4 Å². The Labute approximate surface area is 144 Å². The molecule has 0 radical (unpaired) electrons. The number of amides is 1. The number of halogens is 2. The van der Waals surface area contributed by atoms with Gasteiger partial charge in [-0.15, -0.1) is 0 Å². The maximum atomic E-state index is 13.7. The van der Waals surface area contributed by atoms with Crippen LogP contribution in [0.2, 0.25) is 0 Å². The molecule has 0 bridgehead atoms. The van der Waals surface area contributed by atoms with Gasteiger partial charge in [-0.25, -0.2) is 8.78 Å². The number of aliphatic carboxylic acids is 1. The zero-order valence-corrected chi connectivity index (χ0v) is 13.5. The topological polar surface area (TPSA) is 66.4 Å². The van der Waals surface area contributed by atoms with E-state index in [2.05, 4.69) is 5.32 Å². The molecule has 1 unspecified atom stereocenters. The first-order valence-corrected chi connectivity index (χ1v) is 7.93. The monoisotopic (exact) mass is 347 g/mol. The molecule has 2 rings (SSSR count).